The number of allylic oxidation sites excluding steroid dienone is 2. The minimum Gasteiger partial charge on any atom is -0.316 e. The lowest BCUT2D eigenvalue weighted by molar-refractivity contribution is 0.560. The molecule has 108 valence electrons. The molecule has 3 aliphatic rings. The Bertz CT molecular complexity index is 657. The van der Waals surface area contributed by atoms with Crippen LogP contribution in [0.3, 0.4) is 0 Å². The molecule has 2 nitrogen and oxygen atoms in total. The minimum absolute atomic E-state index is 0.347. The van der Waals surface area contributed by atoms with Gasteiger partial charge in [0.05, 0.1) is 6.04 Å². The Morgan fingerprint density at radius 2 is 2.05 bits per heavy atom. The molecule has 0 saturated carbocycles. The second kappa shape index (κ2) is 5.45. The maximum absolute atomic E-state index is 6.44. The van der Waals surface area contributed by atoms with E-state index in [1.165, 1.54) is 17.6 Å². The highest BCUT2D eigenvalue weighted by atomic mass is 35.5. The van der Waals surface area contributed by atoms with Gasteiger partial charge in [0.1, 0.15) is 0 Å². The largest absolute Gasteiger partial charge is 0.316 e. The summed E-state index contributed by atoms with van der Waals surface area (Å²) < 4.78 is 0. The van der Waals surface area contributed by atoms with Crippen LogP contribution in [0.15, 0.2) is 53.6 Å². The number of halogens is 1. The van der Waals surface area contributed by atoms with Crippen molar-refractivity contribution in [1.82, 2.24) is 10.6 Å². The molecule has 4 rings (SSSR count). The molecule has 1 aliphatic carbocycles. The lowest BCUT2D eigenvalue weighted by Gasteiger charge is -2.20. The molecule has 0 aromatic heterocycles. The lowest BCUT2D eigenvalue weighted by Crippen LogP contribution is -2.33. The highest BCUT2D eigenvalue weighted by molar-refractivity contribution is 6.32. The summed E-state index contributed by atoms with van der Waals surface area (Å²) >= 11 is 6.44. The van der Waals surface area contributed by atoms with Crippen LogP contribution in [0.2, 0.25) is 5.02 Å². The molecule has 2 N–H and O–H groups in total. The molecular formula is C18H19ClN2. The van der Waals surface area contributed by atoms with Crippen LogP contribution in [0.1, 0.15) is 18.4 Å². The average Bonchev–Trinajstić information content (AvgIpc) is 2.70. The number of rotatable bonds is 1. The molecular weight excluding hydrogens is 280 g/mol. The Morgan fingerprint density at radius 3 is 2.95 bits per heavy atom. The molecule has 2 atom stereocenters. The smallest absolute Gasteiger partial charge is 0.0520 e. The second-order valence-corrected chi connectivity index (χ2v) is 6.28. The molecule has 21 heavy (non-hydrogen) atoms. The monoisotopic (exact) mass is 298 g/mol. The Kier molecular flexibility index (Phi) is 3.46. The van der Waals surface area contributed by atoms with Crippen molar-refractivity contribution in [3.8, 4) is 0 Å². The fourth-order valence-corrected chi connectivity index (χ4v) is 3.95. The van der Waals surface area contributed by atoms with Crippen molar-refractivity contribution < 1.29 is 0 Å². The van der Waals surface area contributed by atoms with Crippen molar-refractivity contribution in [2.24, 2.45) is 0 Å². The van der Waals surface area contributed by atoms with Gasteiger partial charge < -0.3 is 10.6 Å². The summed E-state index contributed by atoms with van der Waals surface area (Å²) in [6, 6.07) is 9.01. The maximum Gasteiger partial charge on any atom is 0.0520 e. The lowest BCUT2D eigenvalue weighted by atomic mass is 9.86. The number of hydrogen-bond donors (Lipinski definition) is 2. The van der Waals surface area contributed by atoms with Gasteiger partial charge in [-0.05, 0) is 48.7 Å². The van der Waals surface area contributed by atoms with Gasteiger partial charge >= 0.3 is 0 Å². The van der Waals surface area contributed by atoms with Gasteiger partial charge in [-0.3, -0.25) is 0 Å². The van der Waals surface area contributed by atoms with E-state index < -0.39 is 0 Å². The summed E-state index contributed by atoms with van der Waals surface area (Å²) in [5, 5.41) is 8.10. The third-order valence-corrected chi connectivity index (χ3v) is 4.99. The summed E-state index contributed by atoms with van der Waals surface area (Å²) in [6.45, 7) is 2.17. The van der Waals surface area contributed by atoms with Crippen molar-refractivity contribution in [3.05, 3.63) is 64.2 Å². The number of hydrogen-bond acceptors (Lipinski definition) is 2. The van der Waals surface area contributed by atoms with E-state index in [1.54, 1.807) is 5.57 Å². The molecule has 3 heteroatoms. The van der Waals surface area contributed by atoms with Crippen molar-refractivity contribution in [2.75, 3.05) is 13.1 Å². The highest BCUT2D eigenvalue weighted by Crippen LogP contribution is 2.40. The molecule has 1 unspecified atom stereocenters. The van der Waals surface area contributed by atoms with Gasteiger partial charge in [0, 0.05) is 16.6 Å². The predicted octanol–water partition coefficient (Wildman–Crippen LogP) is 3.31. The molecule has 0 bridgehead atoms. The fraction of sp³-hybridized carbons (Fsp3) is 0.333. The first-order chi connectivity index (χ1) is 10.3. The van der Waals surface area contributed by atoms with E-state index >= 15 is 0 Å². The van der Waals surface area contributed by atoms with Crippen LogP contribution in [-0.2, 0) is 0 Å². The average molecular weight is 299 g/mol. The molecule has 1 aromatic rings. The number of fused-ring (bicyclic) bond motifs is 2. The fourth-order valence-electron chi connectivity index (χ4n) is 3.71. The minimum atomic E-state index is 0.347. The summed E-state index contributed by atoms with van der Waals surface area (Å²) in [7, 11) is 0. The van der Waals surface area contributed by atoms with E-state index in [0.717, 1.165) is 30.1 Å². The van der Waals surface area contributed by atoms with Crippen LogP contribution in [0.4, 0.5) is 0 Å². The standard InChI is InChI=1S/C18H19ClN2/c19-15-6-2-1-4-12(15)13-5-3-7-17-18(13)14-8-10-20-11-9-16(14)21-17/h1-7,16-17,20-21H,8-11H2/t16-,17?/m0/s1. The number of nitrogens with one attached hydrogen (secondary N) is 2. The molecule has 1 saturated heterocycles. The van der Waals surface area contributed by atoms with Crippen molar-refractivity contribution in [2.45, 2.75) is 24.9 Å². The van der Waals surface area contributed by atoms with Gasteiger partial charge in [-0.2, -0.15) is 0 Å². The normalized spacial score (nSPS) is 28.0. The van der Waals surface area contributed by atoms with Crippen LogP contribution < -0.4 is 10.6 Å². The Hall–Kier alpha value is -1.35. The molecule has 1 fully saturated rings. The van der Waals surface area contributed by atoms with E-state index in [1.807, 2.05) is 12.1 Å². The third kappa shape index (κ3) is 2.28. The molecule has 0 spiro atoms. The van der Waals surface area contributed by atoms with E-state index in [0.29, 0.717) is 12.1 Å². The number of benzene rings is 1. The Balaban J connectivity index is 1.84. The third-order valence-electron chi connectivity index (χ3n) is 4.66. The van der Waals surface area contributed by atoms with Gasteiger partial charge in [-0.15, -0.1) is 0 Å². The van der Waals surface area contributed by atoms with Crippen LogP contribution in [0, 0.1) is 0 Å². The van der Waals surface area contributed by atoms with Gasteiger partial charge in [-0.25, -0.2) is 0 Å². The van der Waals surface area contributed by atoms with Crippen LogP contribution in [0.5, 0.6) is 0 Å². The highest BCUT2D eigenvalue weighted by Gasteiger charge is 2.35. The topological polar surface area (TPSA) is 24.1 Å². The van der Waals surface area contributed by atoms with E-state index in [4.69, 9.17) is 11.6 Å². The predicted molar refractivity (Wildman–Crippen MR) is 88.4 cm³/mol. The zero-order valence-corrected chi connectivity index (χ0v) is 12.7. The van der Waals surface area contributed by atoms with E-state index in [-0.39, 0.29) is 0 Å². The van der Waals surface area contributed by atoms with E-state index in [2.05, 4.69) is 41.0 Å². The maximum atomic E-state index is 6.44. The van der Waals surface area contributed by atoms with Gasteiger partial charge in [0.15, 0.2) is 0 Å². The molecule has 0 amide bonds. The van der Waals surface area contributed by atoms with Crippen molar-refractivity contribution in [1.29, 1.82) is 0 Å². The summed E-state index contributed by atoms with van der Waals surface area (Å²) in [6.07, 6.45) is 8.93. The van der Waals surface area contributed by atoms with Crippen LogP contribution in [-0.4, -0.2) is 25.2 Å². The van der Waals surface area contributed by atoms with Crippen molar-refractivity contribution in [3.63, 3.8) is 0 Å². The zero-order valence-electron chi connectivity index (χ0n) is 11.9. The molecule has 2 aliphatic heterocycles. The Morgan fingerprint density at radius 1 is 1.14 bits per heavy atom. The molecule has 1 aromatic carbocycles. The Labute approximate surface area is 130 Å². The van der Waals surface area contributed by atoms with Crippen LogP contribution in [0.25, 0.3) is 5.57 Å². The van der Waals surface area contributed by atoms with Crippen LogP contribution >= 0.6 is 11.6 Å². The summed E-state index contributed by atoms with van der Waals surface area (Å²) in [4.78, 5) is 0. The molecule has 0 radical (unpaired) electrons. The van der Waals surface area contributed by atoms with Gasteiger partial charge in [0.25, 0.3) is 0 Å². The zero-order chi connectivity index (χ0) is 14.2. The molecule has 2 heterocycles. The first-order valence-corrected chi connectivity index (χ1v) is 8.06. The SMILES string of the molecule is Clc1ccccc1C1=CC=CC2N[C@H]3CCNCCC3=C12. The summed E-state index contributed by atoms with van der Waals surface area (Å²) in [5.74, 6) is 0. The first kappa shape index (κ1) is 13.3. The first-order valence-electron chi connectivity index (χ1n) is 7.68. The van der Waals surface area contributed by atoms with Crippen molar-refractivity contribution >= 4 is 17.2 Å². The summed E-state index contributed by atoms with van der Waals surface area (Å²) in [5.41, 5.74) is 5.47. The van der Waals surface area contributed by atoms with Gasteiger partial charge in [0.2, 0.25) is 0 Å². The van der Waals surface area contributed by atoms with Gasteiger partial charge in [-0.1, -0.05) is 48.0 Å². The quantitative estimate of drug-likeness (QED) is 0.831. The van der Waals surface area contributed by atoms with E-state index in [9.17, 15) is 0 Å². The second-order valence-electron chi connectivity index (χ2n) is 5.87.